The highest BCUT2D eigenvalue weighted by Crippen LogP contribution is 2.23. The third-order valence-corrected chi connectivity index (χ3v) is 5.19. The molecule has 10 heteroatoms. The molecule has 2 aromatic heterocycles. The Labute approximate surface area is 170 Å². The van der Waals surface area contributed by atoms with Crippen LogP contribution in [-0.4, -0.2) is 39.9 Å². The molecule has 0 spiro atoms. The fourth-order valence-electron chi connectivity index (χ4n) is 3.55. The van der Waals surface area contributed by atoms with Crippen molar-refractivity contribution in [3.05, 3.63) is 46.6 Å². The van der Waals surface area contributed by atoms with E-state index >= 15 is 0 Å². The first-order valence-corrected chi connectivity index (χ1v) is 9.55. The van der Waals surface area contributed by atoms with Crippen molar-refractivity contribution in [2.75, 3.05) is 23.3 Å². The van der Waals surface area contributed by atoms with Gasteiger partial charge in [-0.1, -0.05) is 0 Å². The van der Waals surface area contributed by atoms with E-state index in [0.29, 0.717) is 33.9 Å². The second kappa shape index (κ2) is 7.63. The van der Waals surface area contributed by atoms with Gasteiger partial charge in [-0.2, -0.15) is 0 Å². The molecule has 1 unspecified atom stereocenters. The predicted molar refractivity (Wildman–Crippen MR) is 110 cm³/mol. The molecule has 2 amide bonds. The van der Waals surface area contributed by atoms with Crippen molar-refractivity contribution < 1.29 is 14.0 Å². The number of primary amides is 1. The molecule has 0 bridgehead atoms. The number of carbonyl (C=O) groups excluding carboxylic acids is 2. The van der Waals surface area contributed by atoms with Crippen molar-refractivity contribution in [1.29, 1.82) is 0 Å². The summed E-state index contributed by atoms with van der Waals surface area (Å²) in [4.78, 5) is 36.2. The highest BCUT2D eigenvalue weighted by atomic mass is 32.1. The van der Waals surface area contributed by atoms with Gasteiger partial charge in [0.25, 0.3) is 5.91 Å². The van der Waals surface area contributed by atoms with E-state index in [1.807, 2.05) is 4.90 Å². The largest absolute Gasteiger partial charge is 0.369 e. The van der Waals surface area contributed by atoms with Gasteiger partial charge >= 0.3 is 0 Å². The van der Waals surface area contributed by atoms with Gasteiger partial charge < -0.3 is 25.9 Å². The van der Waals surface area contributed by atoms with E-state index in [1.54, 1.807) is 12.1 Å². The van der Waals surface area contributed by atoms with Crippen LogP contribution in [0.25, 0.3) is 11.0 Å². The Morgan fingerprint density at radius 1 is 1.31 bits per heavy atom. The summed E-state index contributed by atoms with van der Waals surface area (Å²) in [7, 11) is 0. The van der Waals surface area contributed by atoms with Crippen LogP contribution < -0.4 is 16.0 Å². The maximum absolute atomic E-state index is 13.9. The summed E-state index contributed by atoms with van der Waals surface area (Å²) in [6.45, 7) is 1.32. The number of pyridine rings is 1. The second-order valence-corrected chi connectivity index (χ2v) is 7.41. The SMILES string of the molecule is NC(=O)C1CCCN(c2ccc(NC(=O)c3cc(F)cc4[nH]c(=S)[nH]c34)cn2)C1. The molecule has 1 aliphatic rings. The van der Waals surface area contributed by atoms with Crippen LogP contribution in [0.15, 0.2) is 30.5 Å². The topological polar surface area (TPSA) is 120 Å². The van der Waals surface area contributed by atoms with E-state index in [2.05, 4.69) is 20.3 Å². The fourth-order valence-corrected chi connectivity index (χ4v) is 3.76. The van der Waals surface area contributed by atoms with Crippen LogP contribution in [-0.2, 0) is 4.79 Å². The van der Waals surface area contributed by atoms with Crippen molar-refractivity contribution in [2.24, 2.45) is 11.7 Å². The van der Waals surface area contributed by atoms with Gasteiger partial charge in [-0.25, -0.2) is 9.37 Å². The first-order chi connectivity index (χ1) is 13.9. The van der Waals surface area contributed by atoms with Crippen molar-refractivity contribution in [3.8, 4) is 0 Å². The van der Waals surface area contributed by atoms with Gasteiger partial charge in [0.15, 0.2) is 4.77 Å². The summed E-state index contributed by atoms with van der Waals surface area (Å²) >= 11 is 5.02. The Balaban J connectivity index is 1.51. The Morgan fingerprint density at radius 3 is 2.86 bits per heavy atom. The van der Waals surface area contributed by atoms with Crippen molar-refractivity contribution in [2.45, 2.75) is 12.8 Å². The van der Waals surface area contributed by atoms with Crippen LogP contribution in [0.1, 0.15) is 23.2 Å². The first-order valence-electron chi connectivity index (χ1n) is 9.14. The summed E-state index contributed by atoms with van der Waals surface area (Å²) in [5.41, 5.74) is 6.88. The number of rotatable bonds is 4. The molecule has 1 saturated heterocycles. The number of fused-ring (bicyclic) bond motifs is 1. The maximum atomic E-state index is 13.9. The van der Waals surface area contributed by atoms with Crippen molar-refractivity contribution >= 4 is 46.6 Å². The zero-order valence-corrected chi connectivity index (χ0v) is 16.2. The standard InChI is InChI=1S/C19H19FN6O2S/c20-11-6-13(16-14(7-11)24-19(29)25-16)18(28)23-12-3-4-15(22-8-12)26-5-1-2-10(9-26)17(21)27/h3-4,6-8,10H,1-2,5,9H2,(H2,21,27)(H,23,28)(H2,24,25,29). The van der Waals surface area contributed by atoms with Crippen LogP contribution >= 0.6 is 12.2 Å². The number of imidazole rings is 1. The molecule has 150 valence electrons. The Morgan fingerprint density at radius 2 is 2.14 bits per heavy atom. The molecule has 1 aliphatic heterocycles. The number of aromatic nitrogens is 3. The molecule has 4 rings (SSSR count). The summed E-state index contributed by atoms with van der Waals surface area (Å²) in [5.74, 6) is -0.815. The highest BCUT2D eigenvalue weighted by molar-refractivity contribution is 7.71. The molecule has 1 atom stereocenters. The Hall–Kier alpha value is -3.27. The number of H-pyrrole nitrogens is 2. The second-order valence-electron chi connectivity index (χ2n) is 7.00. The van der Waals surface area contributed by atoms with Crippen LogP contribution in [0.5, 0.6) is 0 Å². The summed E-state index contributed by atoms with van der Waals surface area (Å²) < 4.78 is 14.2. The van der Waals surface area contributed by atoms with E-state index in [0.717, 1.165) is 25.5 Å². The molecule has 8 nitrogen and oxygen atoms in total. The molecule has 3 aromatic rings. The summed E-state index contributed by atoms with van der Waals surface area (Å²) in [6, 6.07) is 5.90. The molecule has 1 fully saturated rings. The molecule has 1 aromatic carbocycles. The zero-order valence-electron chi connectivity index (χ0n) is 15.4. The van der Waals surface area contributed by atoms with Crippen LogP contribution in [0.2, 0.25) is 0 Å². The van der Waals surface area contributed by atoms with E-state index in [4.69, 9.17) is 18.0 Å². The zero-order chi connectivity index (χ0) is 20.5. The van der Waals surface area contributed by atoms with E-state index < -0.39 is 11.7 Å². The van der Waals surface area contributed by atoms with Gasteiger partial charge in [0.05, 0.1) is 34.4 Å². The number of piperidine rings is 1. The van der Waals surface area contributed by atoms with E-state index in [-0.39, 0.29) is 17.4 Å². The summed E-state index contributed by atoms with van der Waals surface area (Å²) in [5, 5.41) is 2.72. The Bertz CT molecular complexity index is 1140. The first kappa shape index (κ1) is 19.1. The quantitative estimate of drug-likeness (QED) is 0.489. The normalized spacial score (nSPS) is 16.7. The van der Waals surface area contributed by atoms with E-state index in [1.165, 1.54) is 12.3 Å². The van der Waals surface area contributed by atoms with Crippen LogP contribution in [0.3, 0.4) is 0 Å². The summed E-state index contributed by atoms with van der Waals surface area (Å²) in [6.07, 6.45) is 3.17. The molecular formula is C19H19FN6O2S. The maximum Gasteiger partial charge on any atom is 0.258 e. The van der Waals surface area contributed by atoms with Crippen LogP contribution in [0, 0.1) is 16.5 Å². The van der Waals surface area contributed by atoms with Crippen molar-refractivity contribution in [1.82, 2.24) is 15.0 Å². The number of benzene rings is 1. The molecule has 0 aliphatic carbocycles. The van der Waals surface area contributed by atoms with Gasteiger partial charge in [-0.3, -0.25) is 9.59 Å². The monoisotopic (exact) mass is 414 g/mol. The lowest BCUT2D eigenvalue weighted by Crippen LogP contribution is -2.41. The number of anilines is 2. The van der Waals surface area contributed by atoms with Gasteiger partial charge in [-0.15, -0.1) is 0 Å². The van der Waals surface area contributed by atoms with Crippen LogP contribution in [0.4, 0.5) is 15.9 Å². The highest BCUT2D eigenvalue weighted by Gasteiger charge is 2.24. The lowest BCUT2D eigenvalue weighted by Gasteiger charge is -2.32. The molecular weight excluding hydrogens is 395 g/mol. The van der Waals surface area contributed by atoms with E-state index in [9.17, 15) is 14.0 Å². The smallest absolute Gasteiger partial charge is 0.258 e. The van der Waals surface area contributed by atoms with Gasteiger partial charge in [0, 0.05) is 13.1 Å². The number of nitrogens with zero attached hydrogens (tertiary/aromatic N) is 2. The Kier molecular flexibility index (Phi) is 5.01. The third-order valence-electron chi connectivity index (χ3n) is 4.99. The minimum absolute atomic E-state index is 0.136. The lowest BCUT2D eigenvalue weighted by atomic mass is 9.97. The number of halogens is 1. The molecule has 0 saturated carbocycles. The number of hydrogen-bond donors (Lipinski definition) is 4. The van der Waals surface area contributed by atoms with Gasteiger partial charge in [0.1, 0.15) is 11.6 Å². The number of amides is 2. The lowest BCUT2D eigenvalue weighted by molar-refractivity contribution is -0.122. The minimum Gasteiger partial charge on any atom is -0.369 e. The average Bonchev–Trinajstić information content (AvgIpc) is 3.07. The number of aromatic amines is 2. The number of nitrogens with two attached hydrogens (primary N) is 1. The van der Waals surface area contributed by atoms with Crippen molar-refractivity contribution in [3.63, 3.8) is 0 Å². The number of hydrogen-bond acceptors (Lipinski definition) is 5. The third kappa shape index (κ3) is 3.97. The van der Waals surface area contributed by atoms with Gasteiger partial charge in [0.2, 0.25) is 5.91 Å². The fraction of sp³-hybridized carbons (Fsp3) is 0.263. The number of carbonyl (C=O) groups is 2. The number of nitrogens with one attached hydrogen (secondary N) is 3. The van der Waals surface area contributed by atoms with Gasteiger partial charge in [-0.05, 0) is 49.3 Å². The molecule has 3 heterocycles. The molecule has 0 radical (unpaired) electrons. The minimum atomic E-state index is -0.546. The molecule has 5 N–H and O–H groups in total. The molecule has 29 heavy (non-hydrogen) atoms. The average molecular weight is 414 g/mol. The predicted octanol–water partition coefficient (Wildman–Crippen LogP) is 2.71.